The van der Waals surface area contributed by atoms with Gasteiger partial charge in [0.15, 0.2) is 23.0 Å². The van der Waals surface area contributed by atoms with Crippen molar-refractivity contribution in [3.8, 4) is 23.0 Å². The van der Waals surface area contributed by atoms with Crippen LogP contribution >= 0.6 is 23.2 Å². The second-order valence-electron chi connectivity index (χ2n) is 17.9. The van der Waals surface area contributed by atoms with E-state index in [4.69, 9.17) is 51.6 Å². The van der Waals surface area contributed by atoms with Crippen LogP contribution in [0.15, 0.2) is 84.9 Å². The number of nitrogens with zero attached hydrogens (tertiary/aromatic N) is 2. The van der Waals surface area contributed by atoms with E-state index in [0.717, 1.165) is 107 Å². The van der Waals surface area contributed by atoms with Gasteiger partial charge in [-0.05, 0) is 96.5 Å². The van der Waals surface area contributed by atoms with Gasteiger partial charge in [0.1, 0.15) is 13.1 Å². The molecular formula is C52H66Cl2N2O8+2. The number of hydrogen-bond acceptors (Lipinski definition) is 8. The zero-order valence-electron chi connectivity index (χ0n) is 38.5. The van der Waals surface area contributed by atoms with Crippen molar-refractivity contribution in [1.29, 1.82) is 0 Å². The van der Waals surface area contributed by atoms with Gasteiger partial charge in [-0.2, -0.15) is 0 Å². The molecule has 0 saturated heterocycles. The number of benzene rings is 4. The Kier molecular flexibility index (Phi) is 17.5. The van der Waals surface area contributed by atoms with Crippen LogP contribution in [-0.2, 0) is 45.0 Å². The van der Waals surface area contributed by atoms with Crippen molar-refractivity contribution in [3.63, 3.8) is 0 Å². The summed E-state index contributed by atoms with van der Waals surface area (Å²) in [6.45, 7) is 6.11. The third-order valence-corrected chi connectivity index (χ3v) is 13.3. The highest BCUT2D eigenvalue weighted by Crippen LogP contribution is 2.42. The predicted octanol–water partition coefficient (Wildman–Crippen LogP) is 10.3. The maximum absolute atomic E-state index is 12.6. The Balaban J connectivity index is 0.887. The van der Waals surface area contributed by atoms with E-state index >= 15 is 0 Å². The van der Waals surface area contributed by atoms with Gasteiger partial charge in [0, 0.05) is 58.7 Å². The molecule has 0 aromatic heterocycles. The van der Waals surface area contributed by atoms with Crippen molar-refractivity contribution in [2.75, 3.05) is 81.9 Å². The Bertz CT molecular complexity index is 2060. The average molecular weight is 918 g/mol. The SMILES string of the molecule is COc1cc2c(cc1OC)C(Cc1ccc(Cl)cc1)C[N+](C)(CCCOC(=O)CC/C=C/CCC(=O)OCCC[N+]1(C)Cc3cc(OC)c(OC)cc3C(Cc3ccc(Cl)cc3)C1)C2. The molecule has 344 valence electrons. The minimum absolute atomic E-state index is 0.211. The monoisotopic (exact) mass is 916 g/mol. The first-order valence-corrected chi connectivity index (χ1v) is 23.2. The van der Waals surface area contributed by atoms with Crippen LogP contribution < -0.4 is 18.9 Å². The highest BCUT2D eigenvalue weighted by Gasteiger charge is 2.38. The van der Waals surface area contributed by atoms with Gasteiger partial charge in [0.2, 0.25) is 0 Å². The Hall–Kier alpha value is -4.74. The van der Waals surface area contributed by atoms with Crippen molar-refractivity contribution < 1.29 is 47.0 Å². The van der Waals surface area contributed by atoms with Crippen molar-refractivity contribution in [2.45, 2.75) is 76.3 Å². The van der Waals surface area contributed by atoms with E-state index in [2.05, 4.69) is 62.6 Å². The summed E-state index contributed by atoms with van der Waals surface area (Å²) in [5.74, 6) is 3.07. The van der Waals surface area contributed by atoms with Gasteiger partial charge in [0.25, 0.3) is 0 Å². The molecule has 2 heterocycles. The number of methoxy groups -OCH3 is 4. The molecule has 4 aromatic rings. The molecule has 0 aliphatic carbocycles. The molecular weight excluding hydrogens is 851 g/mol. The maximum Gasteiger partial charge on any atom is 0.306 e. The van der Waals surface area contributed by atoms with Gasteiger partial charge < -0.3 is 37.4 Å². The Morgan fingerprint density at radius 1 is 0.578 bits per heavy atom. The highest BCUT2D eigenvalue weighted by molar-refractivity contribution is 6.30. The number of likely N-dealkylation sites (N-methyl/N-ethyl adjacent to an activating group) is 2. The molecule has 4 aromatic carbocycles. The van der Waals surface area contributed by atoms with E-state index in [0.29, 0.717) is 38.9 Å². The molecule has 0 amide bonds. The molecule has 4 atom stereocenters. The number of rotatable bonds is 22. The van der Waals surface area contributed by atoms with Crippen LogP contribution in [0, 0.1) is 0 Å². The van der Waals surface area contributed by atoms with Crippen LogP contribution in [0.5, 0.6) is 23.0 Å². The standard InChI is InChI=1S/C52H66Cl2N2O8/c1-55(33-39(27-37-15-19-43(53)20-16-37)45-31-49(61-5)47(59-3)29-41(45)35-55)23-11-25-63-51(57)13-9-7-8-10-14-52(58)64-26-12-24-56(2)34-40(28-38-17-21-44(54)22-18-38)46-32-50(62-6)48(60-4)30-42(46)36-56/h7-8,15-22,29-32,39-40H,9-14,23-28,33-36H2,1-6H3/q+2/b8-7+. The van der Waals surface area contributed by atoms with Gasteiger partial charge in [-0.15, -0.1) is 0 Å². The summed E-state index contributed by atoms with van der Waals surface area (Å²) in [7, 11) is 11.3. The van der Waals surface area contributed by atoms with Crippen LogP contribution in [0.3, 0.4) is 0 Å². The van der Waals surface area contributed by atoms with Crippen LogP contribution in [-0.4, -0.2) is 103 Å². The molecule has 2 aliphatic rings. The number of halogens is 2. The van der Waals surface area contributed by atoms with Gasteiger partial charge in [-0.25, -0.2) is 0 Å². The van der Waals surface area contributed by atoms with E-state index < -0.39 is 0 Å². The fourth-order valence-corrected chi connectivity index (χ4v) is 9.92. The molecule has 2 aliphatic heterocycles. The Labute approximate surface area is 390 Å². The quantitative estimate of drug-likeness (QED) is 0.0333. The van der Waals surface area contributed by atoms with E-state index in [-0.39, 0.29) is 23.8 Å². The molecule has 64 heavy (non-hydrogen) atoms. The van der Waals surface area contributed by atoms with Crippen molar-refractivity contribution in [2.24, 2.45) is 0 Å². The van der Waals surface area contributed by atoms with E-state index in [9.17, 15) is 9.59 Å². The van der Waals surface area contributed by atoms with Crippen LogP contribution in [0.4, 0.5) is 0 Å². The third kappa shape index (κ3) is 13.4. The zero-order chi connectivity index (χ0) is 45.7. The summed E-state index contributed by atoms with van der Waals surface area (Å²) >= 11 is 12.4. The fourth-order valence-electron chi connectivity index (χ4n) is 9.67. The lowest BCUT2D eigenvalue weighted by Crippen LogP contribution is -2.50. The topological polar surface area (TPSA) is 89.5 Å². The van der Waals surface area contributed by atoms with Crippen LogP contribution in [0.1, 0.15) is 83.7 Å². The molecule has 0 bridgehead atoms. The Morgan fingerprint density at radius 2 is 0.938 bits per heavy atom. The Morgan fingerprint density at radius 3 is 1.30 bits per heavy atom. The normalized spacial score (nSPS) is 20.2. The largest absolute Gasteiger partial charge is 0.493 e. The highest BCUT2D eigenvalue weighted by atomic mass is 35.5. The van der Waals surface area contributed by atoms with Gasteiger partial charge in [-0.1, -0.05) is 59.6 Å². The molecule has 0 spiro atoms. The first kappa shape index (κ1) is 48.7. The smallest absolute Gasteiger partial charge is 0.306 e. The van der Waals surface area contributed by atoms with Crippen molar-refractivity contribution >= 4 is 35.1 Å². The average Bonchev–Trinajstić information content (AvgIpc) is 3.28. The summed E-state index contributed by atoms with van der Waals surface area (Å²) in [6.07, 6.45) is 8.90. The summed E-state index contributed by atoms with van der Waals surface area (Å²) in [6, 6.07) is 24.7. The number of allylic oxidation sites excluding steroid dienone is 2. The second-order valence-corrected chi connectivity index (χ2v) is 18.8. The number of fused-ring (bicyclic) bond motifs is 2. The van der Waals surface area contributed by atoms with Crippen LogP contribution in [0.25, 0.3) is 0 Å². The molecule has 0 fully saturated rings. The lowest BCUT2D eigenvalue weighted by Gasteiger charge is -2.43. The molecule has 6 rings (SSSR count). The summed E-state index contributed by atoms with van der Waals surface area (Å²) < 4.78 is 35.6. The minimum atomic E-state index is -0.211. The fraction of sp³-hybridized carbons (Fsp3) is 0.462. The van der Waals surface area contributed by atoms with Crippen molar-refractivity contribution in [1.82, 2.24) is 0 Å². The number of esters is 2. The number of hydrogen-bond donors (Lipinski definition) is 0. The lowest BCUT2D eigenvalue weighted by atomic mass is 9.83. The van der Waals surface area contributed by atoms with E-state index in [1.807, 2.05) is 36.4 Å². The van der Waals surface area contributed by atoms with Gasteiger partial charge in [-0.3, -0.25) is 9.59 Å². The molecule has 12 heteroatoms. The molecule has 0 radical (unpaired) electrons. The van der Waals surface area contributed by atoms with Crippen LogP contribution in [0.2, 0.25) is 10.0 Å². The number of quaternary nitrogens is 2. The number of carbonyl (C=O) groups is 2. The summed E-state index contributed by atoms with van der Waals surface area (Å²) in [5, 5.41) is 1.46. The second kappa shape index (κ2) is 22.9. The third-order valence-electron chi connectivity index (χ3n) is 12.8. The van der Waals surface area contributed by atoms with E-state index in [1.165, 1.54) is 33.4 Å². The zero-order valence-corrected chi connectivity index (χ0v) is 40.0. The van der Waals surface area contributed by atoms with Gasteiger partial charge in [0.05, 0.1) is 81.9 Å². The van der Waals surface area contributed by atoms with E-state index in [1.54, 1.807) is 28.4 Å². The summed E-state index contributed by atoms with van der Waals surface area (Å²) in [4.78, 5) is 25.2. The predicted molar refractivity (Wildman–Crippen MR) is 253 cm³/mol. The summed E-state index contributed by atoms with van der Waals surface area (Å²) in [5.41, 5.74) is 7.55. The minimum Gasteiger partial charge on any atom is -0.493 e. The van der Waals surface area contributed by atoms with Crippen molar-refractivity contribution in [3.05, 3.63) is 128 Å². The lowest BCUT2D eigenvalue weighted by molar-refractivity contribution is -0.926. The maximum atomic E-state index is 12.6. The number of carbonyl (C=O) groups excluding carboxylic acids is 2. The number of ether oxygens (including phenoxy) is 6. The molecule has 0 N–H and O–H groups in total. The molecule has 0 saturated carbocycles. The molecule has 4 unspecified atom stereocenters. The molecule has 10 nitrogen and oxygen atoms in total. The first-order valence-electron chi connectivity index (χ1n) is 22.4. The first-order chi connectivity index (χ1) is 30.8. The van der Waals surface area contributed by atoms with Gasteiger partial charge >= 0.3 is 11.9 Å².